The molecule has 0 bridgehead atoms. The number of halogens is 1. The zero-order valence-electron chi connectivity index (χ0n) is 10.5. The van der Waals surface area contributed by atoms with E-state index in [4.69, 9.17) is 11.5 Å². The lowest BCUT2D eigenvalue weighted by Gasteiger charge is -2.15. The zero-order valence-corrected chi connectivity index (χ0v) is 11.3. The van der Waals surface area contributed by atoms with E-state index in [2.05, 4.69) is 11.8 Å². The summed E-state index contributed by atoms with van der Waals surface area (Å²) < 4.78 is 0. The number of hydrogen-bond donors (Lipinski definition) is 2. The molecule has 0 spiro atoms. The first-order valence-electron chi connectivity index (χ1n) is 5.93. The summed E-state index contributed by atoms with van der Waals surface area (Å²) in [7, 11) is 0. The van der Waals surface area contributed by atoms with Crippen LogP contribution in [0.2, 0.25) is 0 Å². The lowest BCUT2D eigenvalue weighted by atomic mass is 10.1. The fourth-order valence-corrected chi connectivity index (χ4v) is 2.26. The van der Waals surface area contributed by atoms with Crippen molar-refractivity contribution in [3.63, 3.8) is 0 Å². The number of rotatable bonds is 3. The van der Waals surface area contributed by atoms with E-state index >= 15 is 0 Å². The van der Waals surface area contributed by atoms with Crippen LogP contribution in [-0.2, 0) is 6.54 Å². The van der Waals surface area contributed by atoms with E-state index in [0.717, 1.165) is 19.6 Å². The quantitative estimate of drug-likeness (QED) is 0.859. The molecular formula is C13H20ClN3O. The van der Waals surface area contributed by atoms with Gasteiger partial charge in [-0.3, -0.25) is 9.69 Å². The van der Waals surface area contributed by atoms with Crippen LogP contribution in [0.15, 0.2) is 24.3 Å². The van der Waals surface area contributed by atoms with E-state index in [9.17, 15) is 4.79 Å². The van der Waals surface area contributed by atoms with Crippen molar-refractivity contribution in [3.8, 4) is 0 Å². The van der Waals surface area contributed by atoms with Gasteiger partial charge in [0.05, 0.1) is 0 Å². The SMILES string of the molecule is CC1CN(Cc2ccc(C(N)=O)cc2)CC1N.Cl. The molecule has 1 aromatic rings. The fourth-order valence-electron chi connectivity index (χ4n) is 2.26. The van der Waals surface area contributed by atoms with Gasteiger partial charge in [0.25, 0.3) is 0 Å². The molecule has 2 unspecified atom stereocenters. The standard InChI is InChI=1S/C13H19N3O.ClH/c1-9-6-16(8-12(9)14)7-10-2-4-11(5-3-10)13(15)17;/h2-5,9,12H,6-8,14H2,1H3,(H2,15,17);1H. The highest BCUT2D eigenvalue weighted by Gasteiger charge is 2.26. The third kappa shape index (κ3) is 3.45. The number of benzene rings is 1. The van der Waals surface area contributed by atoms with Crippen LogP contribution in [0.3, 0.4) is 0 Å². The van der Waals surface area contributed by atoms with E-state index in [1.54, 1.807) is 12.1 Å². The van der Waals surface area contributed by atoms with Gasteiger partial charge in [-0.25, -0.2) is 0 Å². The molecule has 1 aliphatic heterocycles. The largest absolute Gasteiger partial charge is 0.366 e. The summed E-state index contributed by atoms with van der Waals surface area (Å²) in [5.74, 6) is 0.174. The number of primary amides is 1. The Labute approximate surface area is 114 Å². The molecule has 1 saturated heterocycles. The minimum Gasteiger partial charge on any atom is -0.366 e. The molecule has 2 rings (SSSR count). The summed E-state index contributed by atoms with van der Waals surface area (Å²) >= 11 is 0. The van der Waals surface area contributed by atoms with E-state index in [0.29, 0.717) is 11.5 Å². The molecule has 0 aromatic heterocycles. The Balaban J connectivity index is 0.00000162. The topological polar surface area (TPSA) is 72.3 Å². The summed E-state index contributed by atoms with van der Waals surface area (Å²) in [5, 5.41) is 0. The van der Waals surface area contributed by atoms with Gasteiger partial charge in [0.2, 0.25) is 5.91 Å². The summed E-state index contributed by atoms with van der Waals surface area (Å²) in [4.78, 5) is 13.3. The maximum Gasteiger partial charge on any atom is 0.248 e. The molecule has 1 aromatic carbocycles. The van der Waals surface area contributed by atoms with Crippen LogP contribution >= 0.6 is 12.4 Å². The zero-order chi connectivity index (χ0) is 12.4. The number of carbonyl (C=O) groups excluding carboxylic acids is 1. The molecular weight excluding hydrogens is 250 g/mol. The Morgan fingerprint density at radius 3 is 2.39 bits per heavy atom. The number of carbonyl (C=O) groups is 1. The second-order valence-corrected chi connectivity index (χ2v) is 4.90. The number of likely N-dealkylation sites (tertiary alicyclic amines) is 1. The van der Waals surface area contributed by atoms with Crippen LogP contribution in [0.5, 0.6) is 0 Å². The van der Waals surface area contributed by atoms with E-state index in [1.807, 2.05) is 12.1 Å². The number of amides is 1. The summed E-state index contributed by atoms with van der Waals surface area (Å²) in [6.45, 7) is 5.05. The first kappa shape index (κ1) is 15.0. The summed E-state index contributed by atoms with van der Waals surface area (Å²) in [6.07, 6.45) is 0. The Hall–Kier alpha value is -1.10. The third-order valence-electron chi connectivity index (χ3n) is 3.39. The number of nitrogens with two attached hydrogens (primary N) is 2. The monoisotopic (exact) mass is 269 g/mol. The van der Waals surface area contributed by atoms with Gasteiger partial charge in [-0.1, -0.05) is 19.1 Å². The van der Waals surface area contributed by atoms with Crippen molar-refractivity contribution < 1.29 is 4.79 Å². The Morgan fingerprint density at radius 2 is 1.94 bits per heavy atom. The average molecular weight is 270 g/mol. The Morgan fingerprint density at radius 1 is 1.33 bits per heavy atom. The lowest BCUT2D eigenvalue weighted by Crippen LogP contribution is -2.28. The van der Waals surface area contributed by atoms with Gasteiger partial charge in [0, 0.05) is 31.2 Å². The van der Waals surface area contributed by atoms with Crippen molar-refractivity contribution in [2.45, 2.75) is 19.5 Å². The second kappa shape index (κ2) is 6.18. The molecule has 0 aliphatic carbocycles. The molecule has 1 heterocycles. The normalized spacial score (nSPS) is 23.7. The summed E-state index contributed by atoms with van der Waals surface area (Å²) in [6, 6.07) is 7.73. The van der Waals surface area contributed by atoms with E-state index < -0.39 is 0 Å². The molecule has 2 atom stereocenters. The van der Waals surface area contributed by atoms with E-state index in [1.165, 1.54) is 5.56 Å². The van der Waals surface area contributed by atoms with Crippen LogP contribution in [0.4, 0.5) is 0 Å². The molecule has 0 radical (unpaired) electrons. The molecule has 5 heteroatoms. The van der Waals surface area contributed by atoms with Gasteiger partial charge in [-0.05, 0) is 23.6 Å². The van der Waals surface area contributed by atoms with Crippen molar-refractivity contribution >= 4 is 18.3 Å². The van der Waals surface area contributed by atoms with Crippen molar-refractivity contribution in [1.82, 2.24) is 4.90 Å². The molecule has 100 valence electrons. The third-order valence-corrected chi connectivity index (χ3v) is 3.39. The van der Waals surface area contributed by atoms with Gasteiger partial charge in [-0.2, -0.15) is 0 Å². The molecule has 0 saturated carbocycles. The van der Waals surface area contributed by atoms with Gasteiger partial charge in [-0.15, -0.1) is 12.4 Å². The van der Waals surface area contributed by atoms with Crippen molar-refractivity contribution in [1.29, 1.82) is 0 Å². The maximum absolute atomic E-state index is 10.9. The van der Waals surface area contributed by atoms with Crippen molar-refractivity contribution in [2.24, 2.45) is 17.4 Å². The predicted molar refractivity (Wildman–Crippen MR) is 74.6 cm³/mol. The van der Waals surface area contributed by atoms with Crippen LogP contribution in [0.1, 0.15) is 22.8 Å². The Bertz CT molecular complexity index is 397. The first-order valence-corrected chi connectivity index (χ1v) is 5.93. The van der Waals surface area contributed by atoms with Gasteiger partial charge in [0.1, 0.15) is 0 Å². The van der Waals surface area contributed by atoms with Crippen LogP contribution < -0.4 is 11.5 Å². The molecule has 1 fully saturated rings. The molecule has 1 aliphatic rings. The predicted octanol–water partition coefficient (Wildman–Crippen LogP) is 0.986. The molecule has 1 amide bonds. The van der Waals surface area contributed by atoms with Crippen LogP contribution in [0, 0.1) is 5.92 Å². The minimum absolute atomic E-state index is 0. The summed E-state index contributed by atoms with van der Waals surface area (Å²) in [5.41, 5.74) is 12.9. The van der Waals surface area contributed by atoms with Crippen LogP contribution in [-0.4, -0.2) is 29.9 Å². The van der Waals surface area contributed by atoms with E-state index in [-0.39, 0.29) is 24.4 Å². The second-order valence-electron chi connectivity index (χ2n) is 4.90. The highest BCUT2D eigenvalue weighted by Crippen LogP contribution is 2.17. The highest BCUT2D eigenvalue weighted by molar-refractivity contribution is 5.92. The molecule has 18 heavy (non-hydrogen) atoms. The highest BCUT2D eigenvalue weighted by atomic mass is 35.5. The average Bonchev–Trinajstić information content (AvgIpc) is 2.58. The van der Waals surface area contributed by atoms with Gasteiger partial charge < -0.3 is 11.5 Å². The van der Waals surface area contributed by atoms with Crippen LogP contribution in [0.25, 0.3) is 0 Å². The van der Waals surface area contributed by atoms with Gasteiger partial charge >= 0.3 is 0 Å². The number of nitrogens with zero attached hydrogens (tertiary/aromatic N) is 1. The van der Waals surface area contributed by atoms with Crippen molar-refractivity contribution in [3.05, 3.63) is 35.4 Å². The van der Waals surface area contributed by atoms with Gasteiger partial charge in [0.15, 0.2) is 0 Å². The Kier molecular flexibility index (Phi) is 5.14. The lowest BCUT2D eigenvalue weighted by molar-refractivity contribution is 0.100. The van der Waals surface area contributed by atoms with Crippen molar-refractivity contribution in [2.75, 3.05) is 13.1 Å². The molecule has 4 nitrogen and oxygen atoms in total. The maximum atomic E-state index is 10.9. The molecule has 4 N–H and O–H groups in total. The smallest absolute Gasteiger partial charge is 0.248 e. The number of hydrogen-bond acceptors (Lipinski definition) is 3. The minimum atomic E-state index is -0.381. The fraction of sp³-hybridized carbons (Fsp3) is 0.462. The first-order chi connectivity index (χ1) is 8.06.